The number of benzene rings is 5. The average Bonchev–Trinajstić information content (AvgIpc) is 3.64. The monoisotopic (exact) mass is 772 g/mol. The summed E-state index contributed by atoms with van der Waals surface area (Å²) in [6.07, 6.45) is 13.8. The van der Waals surface area contributed by atoms with Gasteiger partial charge in [0.25, 0.3) is 0 Å². The minimum atomic E-state index is -0.387. The van der Waals surface area contributed by atoms with Crippen LogP contribution in [-0.2, 0) is 22.7 Å². The summed E-state index contributed by atoms with van der Waals surface area (Å²) >= 11 is 2.11. The van der Waals surface area contributed by atoms with Crippen molar-refractivity contribution in [1.29, 1.82) is 0 Å². The normalized spacial score (nSPS) is 32.5. The molecule has 0 saturated heterocycles. The molecule has 1 saturated carbocycles. The van der Waals surface area contributed by atoms with E-state index in [-0.39, 0.29) is 34.2 Å². The standard InChI is InChI=1S/C54H53BN2S/c1-8-9-18-33-29-36-43-35-20-11-10-19-34(35)31-41-45(43)55(57-46(36)39(30-33)51(4)26-16-17-27-52(51,57)5)48-49-53(6,38-22-13-15-24-42(38)58-49)44-32(2)25-28-50(3)37-21-12-14-23-40(37)56(41)54(48,7)47(44)50/h10-15,19-25,28-32H,8-9,16-18,26-27H2,1-7H3. The molecule has 0 aromatic heterocycles. The first-order valence-electron chi connectivity index (χ1n) is 22.4. The number of unbranched alkanes of at least 4 members (excludes halogenated alkanes) is 1. The van der Waals surface area contributed by atoms with E-state index in [2.05, 4.69) is 173 Å². The van der Waals surface area contributed by atoms with E-state index in [1.54, 1.807) is 38.2 Å². The number of allylic oxidation sites excluding steroid dienone is 4. The Hall–Kier alpha value is -4.41. The fourth-order valence-corrected chi connectivity index (χ4v) is 16.5. The van der Waals surface area contributed by atoms with E-state index in [1.165, 1.54) is 93.4 Å². The molecule has 5 aromatic carbocycles. The summed E-state index contributed by atoms with van der Waals surface area (Å²) in [4.78, 5) is 9.04. The summed E-state index contributed by atoms with van der Waals surface area (Å²) in [5, 5.41) is 2.76. The zero-order valence-corrected chi connectivity index (χ0v) is 36.0. The van der Waals surface area contributed by atoms with Gasteiger partial charge in [0.05, 0.1) is 5.54 Å². The largest absolute Gasteiger partial charge is 0.400 e. The van der Waals surface area contributed by atoms with Crippen LogP contribution in [0, 0.1) is 5.92 Å². The second kappa shape index (κ2) is 10.9. The highest BCUT2D eigenvalue weighted by Crippen LogP contribution is 2.73. The van der Waals surface area contributed by atoms with Gasteiger partial charge in [0.1, 0.15) is 0 Å². The smallest absolute Gasteiger partial charge is 0.326 e. The fraction of sp³-hybridized carbons (Fsp3) is 0.370. The molecule has 58 heavy (non-hydrogen) atoms. The lowest BCUT2D eigenvalue weighted by atomic mass is 9.33. The van der Waals surface area contributed by atoms with Crippen molar-refractivity contribution in [3.63, 3.8) is 0 Å². The van der Waals surface area contributed by atoms with Gasteiger partial charge in [-0.1, -0.05) is 131 Å². The maximum atomic E-state index is 3.11. The molecule has 4 heteroatoms. The van der Waals surface area contributed by atoms with E-state index in [0.717, 1.165) is 6.42 Å². The number of aryl methyl sites for hydroxylation is 1. The molecular formula is C54H53BN2S. The second-order valence-electron chi connectivity index (χ2n) is 20.2. The van der Waals surface area contributed by atoms with Crippen molar-refractivity contribution in [2.75, 3.05) is 9.71 Å². The first kappa shape index (κ1) is 34.5. The van der Waals surface area contributed by atoms with Gasteiger partial charge in [-0.05, 0) is 149 Å². The van der Waals surface area contributed by atoms with Crippen LogP contribution in [-0.4, -0.2) is 17.9 Å². The minimum Gasteiger partial charge on any atom is -0.400 e. The molecule has 0 radical (unpaired) electrons. The summed E-state index contributed by atoms with van der Waals surface area (Å²) in [7, 11) is 0. The number of fused-ring (bicyclic) bond motifs is 16. The van der Waals surface area contributed by atoms with Crippen LogP contribution in [0.1, 0.15) is 109 Å². The van der Waals surface area contributed by atoms with Crippen molar-refractivity contribution < 1.29 is 0 Å². The number of thioether (sulfide) groups is 1. The summed E-state index contributed by atoms with van der Waals surface area (Å²) in [5.41, 5.74) is 19.0. The van der Waals surface area contributed by atoms with Gasteiger partial charge in [-0.25, -0.2) is 0 Å². The van der Waals surface area contributed by atoms with Crippen molar-refractivity contribution in [3.05, 3.63) is 147 Å². The molecule has 0 bridgehead atoms. The van der Waals surface area contributed by atoms with Crippen molar-refractivity contribution in [1.82, 2.24) is 0 Å². The first-order chi connectivity index (χ1) is 28.0. The lowest BCUT2D eigenvalue weighted by Crippen LogP contribution is -2.74. The van der Waals surface area contributed by atoms with Crippen LogP contribution in [0.3, 0.4) is 0 Å². The van der Waals surface area contributed by atoms with E-state index >= 15 is 0 Å². The van der Waals surface area contributed by atoms with Gasteiger partial charge in [0.15, 0.2) is 0 Å². The summed E-state index contributed by atoms with van der Waals surface area (Å²) in [6, 6.07) is 36.3. The molecule has 0 amide bonds. The van der Waals surface area contributed by atoms with E-state index in [0.29, 0.717) is 5.92 Å². The molecule has 0 spiro atoms. The number of rotatable bonds is 3. The van der Waals surface area contributed by atoms with Gasteiger partial charge >= 0.3 is 6.85 Å². The fourth-order valence-electron chi connectivity index (χ4n) is 14.9. The van der Waals surface area contributed by atoms with Gasteiger partial charge in [-0.15, -0.1) is 0 Å². The molecule has 6 unspecified atom stereocenters. The van der Waals surface area contributed by atoms with Gasteiger partial charge < -0.3 is 9.71 Å². The maximum Gasteiger partial charge on any atom is 0.326 e. The number of nitrogens with zero attached hydrogens (tertiary/aromatic N) is 2. The van der Waals surface area contributed by atoms with Crippen LogP contribution in [0.25, 0.3) is 21.9 Å². The molecule has 3 aliphatic carbocycles. The molecule has 1 fully saturated rings. The summed E-state index contributed by atoms with van der Waals surface area (Å²) < 4.78 is 0. The third-order valence-corrected chi connectivity index (χ3v) is 18.9. The molecule has 8 aliphatic rings. The third-order valence-electron chi connectivity index (χ3n) is 17.5. The first-order valence-corrected chi connectivity index (χ1v) is 23.2. The highest BCUT2D eigenvalue weighted by molar-refractivity contribution is 8.03. The molecule has 5 heterocycles. The molecule has 2 nitrogen and oxygen atoms in total. The van der Waals surface area contributed by atoms with E-state index in [4.69, 9.17) is 0 Å². The van der Waals surface area contributed by atoms with Gasteiger partial charge in [0, 0.05) is 49.3 Å². The Balaban J connectivity index is 1.27. The topological polar surface area (TPSA) is 6.48 Å². The maximum absolute atomic E-state index is 3.11. The van der Waals surface area contributed by atoms with Crippen LogP contribution in [0.4, 0.5) is 17.1 Å². The lowest BCUT2D eigenvalue weighted by Gasteiger charge is -2.67. The van der Waals surface area contributed by atoms with Crippen molar-refractivity contribution in [2.24, 2.45) is 5.92 Å². The lowest BCUT2D eigenvalue weighted by molar-refractivity contribution is 0.199. The van der Waals surface area contributed by atoms with Gasteiger partial charge in [-0.2, -0.15) is 0 Å². The number of hydrogen-bond acceptors (Lipinski definition) is 3. The zero-order chi connectivity index (χ0) is 39.3. The second-order valence-corrected chi connectivity index (χ2v) is 21.2. The Morgan fingerprint density at radius 1 is 0.810 bits per heavy atom. The Bertz CT molecular complexity index is 2850. The molecule has 5 aliphatic heterocycles. The average molecular weight is 773 g/mol. The quantitative estimate of drug-likeness (QED) is 0.133. The predicted molar refractivity (Wildman–Crippen MR) is 246 cm³/mol. The molecule has 0 N–H and O–H groups in total. The molecule has 13 rings (SSSR count). The molecule has 6 atom stereocenters. The summed E-state index contributed by atoms with van der Waals surface area (Å²) in [6.45, 7) is 18.2. The van der Waals surface area contributed by atoms with Crippen LogP contribution in [0.5, 0.6) is 0 Å². The van der Waals surface area contributed by atoms with E-state index in [1.807, 2.05) is 0 Å². The third kappa shape index (κ3) is 3.56. The van der Waals surface area contributed by atoms with Gasteiger partial charge in [-0.3, -0.25) is 0 Å². The predicted octanol–water partition coefficient (Wildman–Crippen LogP) is 13.0. The Labute approximate surface area is 349 Å². The highest BCUT2D eigenvalue weighted by Gasteiger charge is 2.71. The Morgan fingerprint density at radius 2 is 1.57 bits per heavy atom. The molecule has 5 aromatic rings. The van der Waals surface area contributed by atoms with Crippen molar-refractivity contribution in [3.8, 4) is 11.1 Å². The van der Waals surface area contributed by atoms with E-state index < -0.39 is 0 Å². The molecular weight excluding hydrogens is 719 g/mol. The molecule has 288 valence electrons. The summed E-state index contributed by atoms with van der Waals surface area (Å²) in [5.74, 6) is 0.319. The minimum absolute atomic E-state index is 0.0279. The SMILES string of the molecule is CCCCc1cc2c3c(c1)C1(C)CCCCC1(C)N3B1C3=C4Sc5ccccc5C4(C)C4=C5C(C)(C=CC4C)c4ccccc4N(c4cc6ccccc6c-2c41)C35C. The highest BCUT2D eigenvalue weighted by atomic mass is 32.2. The van der Waals surface area contributed by atoms with Gasteiger partial charge in [0.2, 0.25) is 0 Å². The van der Waals surface area contributed by atoms with Crippen molar-refractivity contribution in [2.45, 2.75) is 126 Å². The Kier molecular flexibility index (Phi) is 6.45. The van der Waals surface area contributed by atoms with Crippen LogP contribution < -0.4 is 15.2 Å². The van der Waals surface area contributed by atoms with E-state index in [9.17, 15) is 0 Å². The van der Waals surface area contributed by atoms with Crippen LogP contribution >= 0.6 is 11.8 Å². The van der Waals surface area contributed by atoms with Crippen molar-refractivity contribution >= 4 is 51.9 Å². The van der Waals surface area contributed by atoms with Crippen LogP contribution in [0.15, 0.2) is 130 Å². The zero-order valence-electron chi connectivity index (χ0n) is 35.2. The van der Waals surface area contributed by atoms with Crippen LogP contribution in [0.2, 0.25) is 0 Å². The number of hydrogen-bond donors (Lipinski definition) is 0. The number of anilines is 3. The Morgan fingerprint density at radius 3 is 2.41 bits per heavy atom. The number of para-hydroxylation sites is 1.